The average molecular weight is 411 g/mol. The lowest BCUT2D eigenvalue weighted by atomic mass is 10.1. The van der Waals surface area contributed by atoms with E-state index in [1.165, 1.54) is 0 Å². The predicted molar refractivity (Wildman–Crippen MR) is 118 cm³/mol. The van der Waals surface area contributed by atoms with E-state index in [0.29, 0.717) is 6.42 Å². The zero-order valence-electron chi connectivity index (χ0n) is 16.5. The van der Waals surface area contributed by atoms with E-state index in [4.69, 9.17) is 0 Å². The fourth-order valence-corrected chi connectivity index (χ4v) is 8.26. The fourth-order valence-electron chi connectivity index (χ4n) is 3.78. The van der Waals surface area contributed by atoms with Crippen LogP contribution in [0.15, 0.2) is 102 Å². The highest BCUT2D eigenvalue weighted by Gasteiger charge is 2.42. The molecule has 0 saturated heterocycles. The van der Waals surface area contributed by atoms with Crippen molar-refractivity contribution in [2.75, 3.05) is 0 Å². The van der Waals surface area contributed by atoms with Gasteiger partial charge >= 0.3 is 6.18 Å². The van der Waals surface area contributed by atoms with Crippen LogP contribution in [0.4, 0.5) is 13.2 Å². The van der Waals surface area contributed by atoms with Gasteiger partial charge < -0.3 is 0 Å². The van der Waals surface area contributed by atoms with Crippen LogP contribution in [0.25, 0.3) is 0 Å². The molecule has 29 heavy (non-hydrogen) atoms. The molecular weight excluding hydrogens is 385 g/mol. The van der Waals surface area contributed by atoms with E-state index in [1.807, 2.05) is 97.9 Å². The summed E-state index contributed by atoms with van der Waals surface area (Å²) < 4.78 is 42.2. The van der Waals surface area contributed by atoms with E-state index in [2.05, 4.69) is 0 Å². The standard InChI is InChI=1S/C25H25F3Si/c1-2-3-13-21(25(26,27)28)20-29(22-14-7-4-8-15-22,23-16-9-5-10-17-23)24-18-11-6-12-19-24/h4-12,14-20H,2-3,13H2,1H3/b21-20+. The molecule has 0 radical (unpaired) electrons. The number of allylic oxidation sites excluding steroid dienone is 1. The molecule has 3 rings (SSSR count). The molecular formula is C25H25F3Si. The van der Waals surface area contributed by atoms with E-state index >= 15 is 0 Å². The van der Waals surface area contributed by atoms with Gasteiger partial charge in [-0.1, -0.05) is 110 Å². The summed E-state index contributed by atoms with van der Waals surface area (Å²) in [6.45, 7) is 1.92. The number of unbranched alkanes of at least 4 members (excludes halogenated alkanes) is 1. The van der Waals surface area contributed by atoms with Gasteiger partial charge in [0.1, 0.15) is 0 Å². The molecule has 4 heteroatoms. The Labute approximate surface area is 171 Å². The largest absolute Gasteiger partial charge is 0.412 e. The summed E-state index contributed by atoms with van der Waals surface area (Å²) >= 11 is 0. The second kappa shape index (κ2) is 9.27. The quantitative estimate of drug-likeness (QED) is 0.363. The second-order valence-corrected chi connectivity index (χ2v) is 10.8. The Hall–Kier alpha value is -2.59. The molecule has 0 aliphatic carbocycles. The summed E-state index contributed by atoms with van der Waals surface area (Å²) in [5.41, 5.74) is 1.17. The molecule has 0 bridgehead atoms. The first-order valence-electron chi connectivity index (χ1n) is 9.94. The van der Waals surface area contributed by atoms with Crippen LogP contribution in [0.1, 0.15) is 26.2 Å². The van der Waals surface area contributed by atoms with Crippen LogP contribution in [0, 0.1) is 0 Å². The van der Waals surface area contributed by atoms with Crippen molar-refractivity contribution in [3.05, 3.63) is 102 Å². The van der Waals surface area contributed by atoms with Crippen LogP contribution in [0.3, 0.4) is 0 Å². The lowest BCUT2D eigenvalue weighted by molar-refractivity contribution is -0.0939. The van der Waals surface area contributed by atoms with Gasteiger partial charge in [-0.25, -0.2) is 0 Å². The third-order valence-corrected chi connectivity index (χ3v) is 9.76. The van der Waals surface area contributed by atoms with Crippen molar-refractivity contribution in [2.45, 2.75) is 32.4 Å². The summed E-state index contributed by atoms with van der Waals surface area (Å²) in [7, 11) is -3.03. The van der Waals surface area contributed by atoms with Crippen molar-refractivity contribution in [3.8, 4) is 0 Å². The molecule has 0 amide bonds. The lowest BCUT2D eigenvalue weighted by Crippen LogP contribution is -2.66. The third kappa shape index (κ3) is 4.70. The van der Waals surface area contributed by atoms with Crippen molar-refractivity contribution < 1.29 is 13.2 Å². The SMILES string of the molecule is CCCC/C(=C\[Si](c1ccccc1)(c1ccccc1)c1ccccc1)C(F)(F)F. The average Bonchev–Trinajstić information content (AvgIpc) is 2.75. The van der Waals surface area contributed by atoms with Crippen LogP contribution in [0.2, 0.25) is 0 Å². The van der Waals surface area contributed by atoms with E-state index in [0.717, 1.165) is 22.0 Å². The van der Waals surface area contributed by atoms with E-state index < -0.39 is 19.8 Å². The summed E-state index contributed by atoms with van der Waals surface area (Å²) in [6.07, 6.45) is -3.05. The molecule has 0 unspecified atom stereocenters. The third-order valence-electron chi connectivity index (χ3n) is 5.24. The van der Waals surface area contributed by atoms with Gasteiger partial charge in [0.25, 0.3) is 0 Å². The van der Waals surface area contributed by atoms with Crippen molar-refractivity contribution in [3.63, 3.8) is 0 Å². The zero-order valence-corrected chi connectivity index (χ0v) is 17.5. The maximum atomic E-state index is 14.1. The first-order valence-corrected chi connectivity index (χ1v) is 12.0. The molecule has 3 aromatic rings. The Morgan fingerprint density at radius 2 is 1.10 bits per heavy atom. The fraction of sp³-hybridized carbons (Fsp3) is 0.200. The molecule has 0 aliphatic heterocycles. The number of hydrogen-bond acceptors (Lipinski definition) is 0. The first-order chi connectivity index (χ1) is 14.0. The van der Waals surface area contributed by atoms with E-state index in [9.17, 15) is 13.2 Å². The number of rotatable bonds is 7. The van der Waals surface area contributed by atoms with Crippen molar-refractivity contribution in [2.24, 2.45) is 0 Å². The summed E-state index contributed by atoms with van der Waals surface area (Å²) in [5.74, 6) is 0. The van der Waals surface area contributed by atoms with E-state index in [1.54, 1.807) is 5.70 Å². The van der Waals surface area contributed by atoms with Gasteiger partial charge in [0.2, 0.25) is 0 Å². The second-order valence-electron chi connectivity index (χ2n) is 7.18. The number of hydrogen-bond donors (Lipinski definition) is 0. The Balaban J connectivity index is 2.37. The van der Waals surface area contributed by atoms with E-state index in [-0.39, 0.29) is 6.42 Å². The minimum Gasteiger partial charge on any atom is -0.167 e. The molecule has 0 heterocycles. The number of benzene rings is 3. The number of alkyl halides is 3. The summed E-state index contributed by atoms with van der Waals surface area (Å²) in [4.78, 5) is 0. The zero-order chi connectivity index (χ0) is 20.7. The smallest absolute Gasteiger partial charge is 0.167 e. The van der Waals surface area contributed by atoms with Crippen LogP contribution < -0.4 is 15.6 Å². The van der Waals surface area contributed by atoms with Gasteiger partial charge in [0.05, 0.1) is 0 Å². The van der Waals surface area contributed by atoms with Crippen molar-refractivity contribution >= 4 is 23.6 Å². The van der Waals surface area contributed by atoms with Gasteiger partial charge in [-0.05, 0) is 28.4 Å². The van der Waals surface area contributed by atoms with Gasteiger partial charge in [0, 0.05) is 5.57 Å². The summed E-state index contributed by atoms with van der Waals surface area (Å²) in [6, 6.07) is 29.0. The van der Waals surface area contributed by atoms with Gasteiger partial charge in [-0.2, -0.15) is 13.2 Å². The van der Waals surface area contributed by atoms with Gasteiger partial charge in [-0.3, -0.25) is 0 Å². The Morgan fingerprint density at radius 3 is 1.41 bits per heavy atom. The Morgan fingerprint density at radius 1 is 0.724 bits per heavy atom. The molecule has 0 nitrogen and oxygen atoms in total. The highest BCUT2D eigenvalue weighted by Crippen LogP contribution is 2.31. The first kappa shape index (κ1) is 21.1. The minimum atomic E-state index is -4.34. The molecule has 0 aromatic heterocycles. The highest BCUT2D eigenvalue weighted by molar-refractivity contribution is 7.14. The molecule has 150 valence electrons. The Kier molecular flexibility index (Phi) is 6.75. The van der Waals surface area contributed by atoms with Crippen molar-refractivity contribution in [1.29, 1.82) is 0 Å². The predicted octanol–water partition coefficient (Wildman–Crippen LogP) is 5.37. The summed E-state index contributed by atoms with van der Waals surface area (Å²) in [5, 5.41) is 2.86. The Bertz CT molecular complexity index is 820. The van der Waals surface area contributed by atoms with Crippen LogP contribution in [-0.2, 0) is 0 Å². The molecule has 3 aromatic carbocycles. The highest BCUT2D eigenvalue weighted by atomic mass is 28.3. The molecule has 0 atom stereocenters. The van der Waals surface area contributed by atoms with Crippen LogP contribution >= 0.6 is 0 Å². The van der Waals surface area contributed by atoms with Gasteiger partial charge in [0.15, 0.2) is 8.07 Å². The lowest BCUT2D eigenvalue weighted by Gasteiger charge is -2.32. The maximum absolute atomic E-state index is 14.1. The maximum Gasteiger partial charge on any atom is 0.412 e. The molecule has 0 spiro atoms. The van der Waals surface area contributed by atoms with Crippen LogP contribution in [-0.4, -0.2) is 14.3 Å². The molecule has 0 fully saturated rings. The topological polar surface area (TPSA) is 0 Å². The minimum absolute atomic E-state index is 0.0429. The van der Waals surface area contributed by atoms with Crippen molar-refractivity contribution in [1.82, 2.24) is 0 Å². The molecule has 0 saturated carbocycles. The van der Waals surface area contributed by atoms with Gasteiger partial charge in [-0.15, -0.1) is 0 Å². The number of halogens is 3. The molecule has 0 N–H and O–H groups in total. The van der Waals surface area contributed by atoms with Crippen LogP contribution in [0.5, 0.6) is 0 Å². The normalized spacial score (nSPS) is 12.8. The monoisotopic (exact) mass is 410 g/mol. The molecule has 0 aliphatic rings.